The minimum Gasteiger partial charge on any atom is -0.391 e. The van der Waals surface area contributed by atoms with Gasteiger partial charge in [0.2, 0.25) is 65.0 Å². The van der Waals surface area contributed by atoms with Gasteiger partial charge in [-0.3, -0.25) is 57.5 Å². The van der Waals surface area contributed by atoms with Crippen molar-refractivity contribution in [2.45, 2.75) is 194 Å². The molecule has 2 aromatic rings. The molecule has 4 rings (SSSR count). The van der Waals surface area contributed by atoms with Crippen LogP contribution in [0.5, 0.6) is 0 Å². The Labute approximate surface area is 557 Å². The molecule has 522 valence electrons. The maximum Gasteiger partial charge on any atom is 0.248 e. The molecule has 24 nitrogen and oxygen atoms in total. The average Bonchev–Trinajstić information content (AvgIpc) is 0.833. The summed E-state index contributed by atoms with van der Waals surface area (Å²) in [7, 11) is 9.92. The van der Waals surface area contributed by atoms with Crippen molar-refractivity contribution in [2.75, 3.05) is 75.5 Å². The largest absolute Gasteiger partial charge is 0.391 e. The van der Waals surface area contributed by atoms with Crippen LogP contribution in [0.4, 0.5) is 0 Å². The quantitative estimate of drug-likeness (QED) is 0.224. The molecule has 11 amide bonds. The minimum atomic E-state index is -1.68. The molecule has 94 heavy (non-hydrogen) atoms. The van der Waals surface area contributed by atoms with Crippen LogP contribution in [0.25, 0.3) is 0 Å². The van der Waals surface area contributed by atoms with Gasteiger partial charge in [0.05, 0.1) is 19.1 Å². The maximum absolute atomic E-state index is 15.2. The number of amides is 11. The maximum atomic E-state index is 15.2. The fourth-order valence-corrected chi connectivity index (χ4v) is 12.4. The zero-order valence-corrected chi connectivity index (χ0v) is 58.9. The normalized spacial score (nSPS) is 25.3. The van der Waals surface area contributed by atoms with Crippen LogP contribution in [0.3, 0.4) is 0 Å². The molecule has 10 atom stereocenters. The summed E-state index contributed by atoms with van der Waals surface area (Å²) in [4.78, 5) is 186. The van der Waals surface area contributed by atoms with Crippen LogP contribution in [0.15, 0.2) is 60.7 Å². The predicted molar refractivity (Wildman–Crippen MR) is 357 cm³/mol. The van der Waals surface area contributed by atoms with Crippen molar-refractivity contribution in [3.8, 4) is 0 Å². The molecular weight excluding hydrogens is 1200 g/mol. The number of likely N-dealkylation sites (tertiary alicyclic amines) is 1. The van der Waals surface area contributed by atoms with Crippen LogP contribution in [0.2, 0.25) is 0 Å². The van der Waals surface area contributed by atoms with Gasteiger partial charge in [0.25, 0.3) is 0 Å². The zero-order chi connectivity index (χ0) is 70.6. The van der Waals surface area contributed by atoms with Crippen molar-refractivity contribution in [3.63, 3.8) is 0 Å². The van der Waals surface area contributed by atoms with Gasteiger partial charge in [-0.05, 0) is 87.2 Å². The fourth-order valence-electron chi connectivity index (χ4n) is 12.4. The topological polar surface area (TPSA) is 287 Å². The summed E-state index contributed by atoms with van der Waals surface area (Å²) >= 11 is 0. The molecule has 0 saturated carbocycles. The van der Waals surface area contributed by atoms with Crippen LogP contribution in [0.1, 0.15) is 138 Å². The molecule has 0 aliphatic carbocycles. The first-order valence-corrected chi connectivity index (χ1v) is 33.4. The first-order valence-electron chi connectivity index (χ1n) is 33.4. The number of piperidine rings is 1. The number of carbonyl (C=O) groups is 12. The number of nitrogens with one attached hydrogen (secondary N) is 3. The highest BCUT2D eigenvalue weighted by Gasteiger charge is 2.43. The van der Waals surface area contributed by atoms with Gasteiger partial charge in [0, 0.05) is 101 Å². The third-order valence-electron chi connectivity index (χ3n) is 18.0. The van der Waals surface area contributed by atoms with Crippen molar-refractivity contribution in [1.29, 1.82) is 0 Å². The van der Waals surface area contributed by atoms with Crippen LogP contribution in [-0.4, -0.2) is 245 Å². The van der Waals surface area contributed by atoms with E-state index in [1.54, 1.807) is 79.4 Å². The van der Waals surface area contributed by atoms with Crippen molar-refractivity contribution in [2.24, 2.45) is 29.6 Å². The number of hydrogen-bond acceptors (Lipinski definition) is 13. The number of nitrogens with zero attached hydrogens (tertiary/aromatic N) is 8. The molecular formula is C70H109N11O13. The Kier molecular flexibility index (Phi) is 30.8. The summed E-state index contributed by atoms with van der Waals surface area (Å²) in [5.74, 6) is -9.48. The Hall–Kier alpha value is -7.76. The summed E-state index contributed by atoms with van der Waals surface area (Å²) in [5.41, 5.74) is 1.27. The first kappa shape index (κ1) is 78.7. The number of aliphatic hydroxyl groups is 1. The van der Waals surface area contributed by atoms with Gasteiger partial charge in [-0.15, -0.1) is 0 Å². The smallest absolute Gasteiger partial charge is 0.248 e. The molecule has 2 fully saturated rings. The molecule has 0 bridgehead atoms. The Morgan fingerprint density at radius 2 is 0.979 bits per heavy atom. The number of ketones is 1. The lowest BCUT2D eigenvalue weighted by Crippen LogP contribution is -2.61. The highest BCUT2D eigenvalue weighted by molar-refractivity contribution is 5.99. The van der Waals surface area contributed by atoms with E-state index >= 15 is 4.79 Å². The Morgan fingerprint density at radius 1 is 0.489 bits per heavy atom. The molecule has 2 saturated heterocycles. The minimum absolute atomic E-state index is 0.0391. The van der Waals surface area contributed by atoms with E-state index < -0.39 is 144 Å². The SMILES string of the molecule is CC(C)C[C@@H]1CC(=O)CCN(C)C(=O)CC(C(=O)N2CCCCC2)NC(=O)[C@H](CC(C)C)N(C)C(=O)[C@H](Cc2ccccc2)N(C)C(=O)CN(C)C(=O)[C@H]([C@@H](C)O)NC(=O)[C@H](Cc2ccccc2)N(C)C(=O)[C@H](C)NC(=O)[C@H](C(C)C)N(C)C(=O)[C@H](CC(C)C)N(C)C1=O. The van der Waals surface area contributed by atoms with Crippen molar-refractivity contribution >= 4 is 70.8 Å². The number of likely N-dealkylation sites (N-methyl/N-ethyl adjacent to an activating group) is 6. The summed E-state index contributed by atoms with van der Waals surface area (Å²) in [6, 6.07) is 7.10. The first-order chi connectivity index (χ1) is 44.1. The number of aliphatic hydroxyl groups excluding tert-OH is 1. The average molecular weight is 1310 g/mol. The van der Waals surface area contributed by atoms with Gasteiger partial charge in [-0.25, -0.2) is 0 Å². The molecule has 0 radical (unpaired) electrons. The summed E-state index contributed by atoms with van der Waals surface area (Å²) in [6.07, 6.45) is 0.331. The standard InChI is InChI=1S/C70H109N11O13/c1-43(2)35-51-40-52(83)31-34-74(11)58(84)41-53(67(91)81-32-25-20-26-33-81)72-62(86)54(36-44(3)4)78(15)68(92)57(39-50-29-23-19-24-30-50)76(13)59(85)42-75(12)70(94)60(48(10)82)73-63(87)55(38-49-27-21-18-22-28-49)77(14)65(89)47(9)71-64(88)61(46(7)8)80(17)69(93)56(37-45(5)6)79(16)66(51)90/h18-19,21-24,27-30,43-48,51,53-57,60-61,82H,20,25-26,31-42H2,1-17H3,(H,71,88)(H,72,86)(H,73,87)/t47-,48+,51+,53?,54-,55-,56-,57-,60-,61-/m0/s1. The fraction of sp³-hybridized carbons (Fsp3) is 0.657. The lowest BCUT2D eigenvalue weighted by Gasteiger charge is -2.38. The molecule has 4 N–H and O–H groups in total. The van der Waals surface area contributed by atoms with Gasteiger partial charge in [-0.1, -0.05) is 116 Å². The highest BCUT2D eigenvalue weighted by Crippen LogP contribution is 2.26. The Bertz CT molecular complexity index is 2920. The summed E-state index contributed by atoms with van der Waals surface area (Å²) in [5, 5.41) is 19.5. The van der Waals surface area contributed by atoms with Gasteiger partial charge < -0.3 is 60.3 Å². The summed E-state index contributed by atoms with van der Waals surface area (Å²) < 4.78 is 0. The number of hydrogen-bond donors (Lipinski definition) is 4. The molecule has 0 aromatic heterocycles. The van der Waals surface area contributed by atoms with E-state index in [0.717, 1.165) is 16.2 Å². The van der Waals surface area contributed by atoms with Crippen molar-refractivity contribution < 1.29 is 62.6 Å². The highest BCUT2D eigenvalue weighted by atomic mass is 16.3. The van der Waals surface area contributed by atoms with Gasteiger partial charge >= 0.3 is 0 Å². The molecule has 1 unspecified atom stereocenters. The number of benzene rings is 2. The van der Waals surface area contributed by atoms with Gasteiger partial charge in [-0.2, -0.15) is 0 Å². The lowest BCUT2D eigenvalue weighted by molar-refractivity contribution is -0.151. The van der Waals surface area contributed by atoms with E-state index in [1.165, 1.54) is 87.7 Å². The van der Waals surface area contributed by atoms with Gasteiger partial charge in [0.15, 0.2) is 0 Å². The Morgan fingerprint density at radius 3 is 1.50 bits per heavy atom. The number of rotatable bonds is 13. The van der Waals surface area contributed by atoms with Crippen molar-refractivity contribution in [1.82, 2.24) is 55.1 Å². The van der Waals surface area contributed by atoms with E-state index in [9.17, 15) is 57.8 Å². The molecule has 2 aromatic carbocycles. The number of Topliss-reactive ketones (excluding diaryl/α,β-unsaturated/α-hetero) is 1. The van der Waals surface area contributed by atoms with E-state index in [4.69, 9.17) is 0 Å². The Balaban J connectivity index is 1.87. The monoisotopic (exact) mass is 1310 g/mol. The molecule has 2 aliphatic rings. The third kappa shape index (κ3) is 22.5. The van der Waals surface area contributed by atoms with E-state index in [2.05, 4.69) is 16.0 Å². The van der Waals surface area contributed by atoms with Crippen LogP contribution in [0, 0.1) is 29.6 Å². The second-order valence-electron chi connectivity index (χ2n) is 27.6. The zero-order valence-electron chi connectivity index (χ0n) is 58.9. The van der Waals surface area contributed by atoms with E-state index in [-0.39, 0.29) is 75.0 Å². The van der Waals surface area contributed by atoms with Gasteiger partial charge in [0.1, 0.15) is 54.1 Å². The molecule has 2 heterocycles. The summed E-state index contributed by atoms with van der Waals surface area (Å²) in [6.45, 7) is 17.5. The molecule has 2 aliphatic heterocycles. The van der Waals surface area contributed by atoms with Crippen LogP contribution >= 0.6 is 0 Å². The predicted octanol–water partition coefficient (Wildman–Crippen LogP) is 3.55. The third-order valence-corrected chi connectivity index (χ3v) is 18.0. The lowest BCUT2D eigenvalue weighted by atomic mass is 9.89. The van der Waals surface area contributed by atoms with E-state index in [1.807, 2.05) is 41.5 Å². The molecule has 0 spiro atoms. The van der Waals surface area contributed by atoms with E-state index in [0.29, 0.717) is 37.1 Å². The van der Waals surface area contributed by atoms with Crippen LogP contribution < -0.4 is 16.0 Å². The van der Waals surface area contributed by atoms with Crippen LogP contribution in [-0.2, 0) is 70.4 Å². The van der Waals surface area contributed by atoms with Crippen molar-refractivity contribution in [3.05, 3.63) is 71.8 Å². The second kappa shape index (κ2) is 36.8. The second-order valence-corrected chi connectivity index (χ2v) is 27.6. The number of carbonyl (C=O) groups excluding carboxylic acids is 12. The molecule has 24 heteroatoms.